The van der Waals surface area contributed by atoms with E-state index >= 15 is 0 Å². The Morgan fingerprint density at radius 3 is 2.86 bits per heavy atom. The minimum atomic E-state index is -1.05. The predicted octanol–water partition coefficient (Wildman–Crippen LogP) is 4.67. The van der Waals surface area contributed by atoms with Gasteiger partial charge in [-0.25, -0.2) is 14.2 Å². The lowest BCUT2D eigenvalue weighted by atomic mass is 10.2. The summed E-state index contributed by atoms with van der Waals surface area (Å²) in [6, 6.07) is 5.77. The molecule has 3 rings (SSSR count). The van der Waals surface area contributed by atoms with E-state index in [4.69, 9.17) is 9.52 Å². The van der Waals surface area contributed by atoms with E-state index in [1.54, 1.807) is 11.4 Å². The van der Waals surface area contributed by atoms with Crippen LogP contribution in [0.2, 0.25) is 0 Å². The molecule has 0 saturated carbocycles. The van der Waals surface area contributed by atoms with Crippen LogP contribution < -0.4 is 0 Å². The topological polar surface area (TPSA) is 63.3 Å². The molecular formula is C14H7BrFNO3S. The van der Waals surface area contributed by atoms with E-state index in [0.29, 0.717) is 20.9 Å². The smallest absolute Gasteiger partial charge is 0.338 e. The van der Waals surface area contributed by atoms with Gasteiger partial charge in [0.05, 0.1) is 5.56 Å². The maximum Gasteiger partial charge on any atom is 0.338 e. The summed E-state index contributed by atoms with van der Waals surface area (Å²) in [5, 5.41) is 11.3. The number of benzene rings is 1. The highest BCUT2D eigenvalue weighted by molar-refractivity contribution is 9.10. The number of hydrogen-bond donors (Lipinski definition) is 1. The number of aromatic carboxylic acids is 1. The Bertz CT molecular complexity index is 827. The van der Waals surface area contributed by atoms with Gasteiger partial charge >= 0.3 is 5.97 Å². The molecule has 7 heteroatoms. The van der Waals surface area contributed by atoms with Crippen molar-refractivity contribution >= 4 is 33.2 Å². The van der Waals surface area contributed by atoms with E-state index in [2.05, 4.69) is 20.9 Å². The number of thiazole rings is 1. The van der Waals surface area contributed by atoms with Crippen LogP contribution in [0.15, 0.2) is 44.8 Å². The Balaban J connectivity index is 1.97. The van der Waals surface area contributed by atoms with Crippen molar-refractivity contribution in [2.45, 2.75) is 0 Å². The van der Waals surface area contributed by atoms with Crippen LogP contribution in [0.25, 0.3) is 22.0 Å². The first-order valence-corrected chi connectivity index (χ1v) is 7.45. The maximum absolute atomic E-state index is 13.1. The fourth-order valence-electron chi connectivity index (χ4n) is 1.76. The summed E-state index contributed by atoms with van der Waals surface area (Å²) < 4.78 is 18.9. The molecule has 0 bridgehead atoms. The zero-order chi connectivity index (χ0) is 15.0. The highest BCUT2D eigenvalue weighted by Gasteiger charge is 2.14. The SMILES string of the molecule is O=C(O)c1coc(-c2csc(-c3ccc(F)cc3Br)n2)c1. The first kappa shape index (κ1) is 14.0. The summed E-state index contributed by atoms with van der Waals surface area (Å²) in [4.78, 5) is 15.2. The molecule has 2 aromatic heterocycles. The molecule has 0 unspecified atom stereocenters. The molecule has 21 heavy (non-hydrogen) atoms. The minimum Gasteiger partial charge on any atom is -0.478 e. The summed E-state index contributed by atoms with van der Waals surface area (Å²) >= 11 is 4.66. The molecule has 0 aliphatic carbocycles. The second-order valence-electron chi connectivity index (χ2n) is 4.17. The first-order chi connectivity index (χ1) is 10.0. The number of hydrogen-bond acceptors (Lipinski definition) is 4. The summed E-state index contributed by atoms with van der Waals surface area (Å²) in [5.74, 6) is -1.01. The fraction of sp³-hybridized carbons (Fsp3) is 0. The molecule has 0 saturated heterocycles. The summed E-state index contributed by atoms with van der Waals surface area (Å²) in [7, 11) is 0. The van der Waals surface area contributed by atoms with Gasteiger partial charge in [-0.2, -0.15) is 0 Å². The molecule has 0 atom stereocenters. The predicted molar refractivity (Wildman–Crippen MR) is 79.9 cm³/mol. The molecule has 0 amide bonds. The third-order valence-corrected chi connectivity index (χ3v) is 4.30. The van der Waals surface area contributed by atoms with Gasteiger partial charge in [0.15, 0.2) is 5.76 Å². The standard InChI is InChI=1S/C14H7BrFNO3S/c15-10-4-8(16)1-2-9(10)13-17-11(6-21-13)12-3-7(5-20-12)14(18)19/h1-6H,(H,18,19). The summed E-state index contributed by atoms with van der Waals surface area (Å²) in [6.45, 7) is 0. The number of nitrogens with zero attached hydrogens (tertiary/aromatic N) is 1. The molecule has 1 aromatic carbocycles. The number of carbonyl (C=O) groups is 1. The van der Waals surface area contributed by atoms with Crippen molar-refractivity contribution < 1.29 is 18.7 Å². The van der Waals surface area contributed by atoms with Crippen molar-refractivity contribution in [1.29, 1.82) is 0 Å². The highest BCUT2D eigenvalue weighted by atomic mass is 79.9. The number of carboxylic acids is 1. The Morgan fingerprint density at radius 2 is 2.19 bits per heavy atom. The lowest BCUT2D eigenvalue weighted by Gasteiger charge is -1.99. The van der Waals surface area contributed by atoms with E-state index in [1.807, 2.05) is 0 Å². The number of aromatic nitrogens is 1. The molecule has 1 N–H and O–H groups in total. The van der Waals surface area contributed by atoms with Gasteiger partial charge in [0.2, 0.25) is 0 Å². The van der Waals surface area contributed by atoms with E-state index in [-0.39, 0.29) is 11.4 Å². The van der Waals surface area contributed by atoms with Crippen LogP contribution in [-0.4, -0.2) is 16.1 Å². The molecular weight excluding hydrogens is 361 g/mol. The maximum atomic E-state index is 13.1. The molecule has 0 radical (unpaired) electrons. The zero-order valence-corrected chi connectivity index (χ0v) is 12.7. The number of carboxylic acid groups (broad SMARTS) is 1. The third kappa shape index (κ3) is 2.74. The third-order valence-electron chi connectivity index (χ3n) is 2.76. The molecule has 4 nitrogen and oxygen atoms in total. The van der Waals surface area contributed by atoms with Crippen molar-refractivity contribution in [2.24, 2.45) is 0 Å². The molecule has 0 spiro atoms. The van der Waals surface area contributed by atoms with Crippen LogP contribution in [0.4, 0.5) is 4.39 Å². The molecule has 0 fully saturated rings. The normalized spacial score (nSPS) is 10.8. The Hall–Kier alpha value is -1.99. The van der Waals surface area contributed by atoms with Crippen molar-refractivity contribution in [1.82, 2.24) is 4.98 Å². The lowest BCUT2D eigenvalue weighted by molar-refractivity contribution is 0.0696. The van der Waals surface area contributed by atoms with Crippen LogP contribution in [0.1, 0.15) is 10.4 Å². The number of furan rings is 1. The van der Waals surface area contributed by atoms with E-state index in [9.17, 15) is 9.18 Å². The van der Waals surface area contributed by atoms with Crippen LogP contribution in [-0.2, 0) is 0 Å². The van der Waals surface area contributed by atoms with Crippen LogP contribution in [0.3, 0.4) is 0 Å². The zero-order valence-electron chi connectivity index (χ0n) is 10.3. The average molecular weight is 368 g/mol. The van der Waals surface area contributed by atoms with Gasteiger partial charge < -0.3 is 9.52 Å². The average Bonchev–Trinajstić information content (AvgIpc) is 3.07. The Morgan fingerprint density at radius 1 is 1.38 bits per heavy atom. The van der Waals surface area contributed by atoms with E-state index in [1.165, 1.54) is 35.8 Å². The molecule has 3 aromatic rings. The number of rotatable bonds is 3. The lowest BCUT2D eigenvalue weighted by Crippen LogP contribution is -1.91. The second-order valence-corrected chi connectivity index (χ2v) is 5.88. The van der Waals surface area contributed by atoms with E-state index < -0.39 is 5.97 Å². The monoisotopic (exact) mass is 367 g/mol. The van der Waals surface area contributed by atoms with Gasteiger partial charge in [-0.05, 0) is 34.1 Å². The van der Waals surface area contributed by atoms with Crippen LogP contribution in [0.5, 0.6) is 0 Å². The number of halogens is 2. The quantitative estimate of drug-likeness (QED) is 0.730. The van der Waals surface area contributed by atoms with Gasteiger partial charge in [-0.3, -0.25) is 0 Å². The largest absolute Gasteiger partial charge is 0.478 e. The Kier molecular flexibility index (Phi) is 3.60. The van der Waals surface area contributed by atoms with Gasteiger partial charge in [-0.15, -0.1) is 11.3 Å². The Labute approximate surface area is 131 Å². The van der Waals surface area contributed by atoms with Crippen LogP contribution >= 0.6 is 27.3 Å². The van der Waals surface area contributed by atoms with Crippen molar-refractivity contribution in [3.63, 3.8) is 0 Å². The van der Waals surface area contributed by atoms with E-state index in [0.717, 1.165) is 5.56 Å². The molecule has 0 aliphatic heterocycles. The van der Waals surface area contributed by atoms with Gasteiger partial charge in [0.1, 0.15) is 22.8 Å². The highest BCUT2D eigenvalue weighted by Crippen LogP contribution is 2.34. The summed E-state index contributed by atoms with van der Waals surface area (Å²) in [5.41, 5.74) is 1.37. The van der Waals surface area contributed by atoms with Crippen molar-refractivity contribution in [2.75, 3.05) is 0 Å². The molecule has 106 valence electrons. The van der Waals surface area contributed by atoms with Gasteiger partial charge in [-0.1, -0.05) is 0 Å². The van der Waals surface area contributed by atoms with Gasteiger partial charge in [0, 0.05) is 21.5 Å². The minimum absolute atomic E-state index is 0.0718. The fourth-order valence-corrected chi connectivity index (χ4v) is 3.27. The molecule has 2 heterocycles. The van der Waals surface area contributed by atoms with Crippen molar-refractivity contribution in [3.05, 3.63) is 51.8 Å². The second kappa shape index (κ2) is 5.42. The first-order valence-electron chi connectivity index (χ1n) is 5.78. The summed E-state index contributed by atoms with van der Waals surface area (Å²) in [6.07, 6.45) is 1.17. The van der Waals surface area contributed by atoms with Crippen molar-refractivity contribution in [3.8, 4) is 22.0 Å². The van der Waals surface area contributed by atoms with Crippen LogP contribution in [0, 0.1) is 5.82 Å². The van der Waals surface area contributed by atoms with Gasteiger partial charge in [0.25, 0.3) is 0 Å². The molecule has 0 aliphatic rings.